The van der Waals surface area contributed by atoms with E-state index < -0.39 is 15.4 Å². The fourth-order valence-corrected chi connectivity index (χ4v) is 1.90. The zero-order valence-electron chi connectivity index (χ0n) is 10.6. The lowest BCUT2D eigenvalue weighted by atomic mass is 10.1. The highest BCUT2D eigenvalue weighted by Gasteiger charge is 2.20. The van der Waals surface area contributed by atoms with Crippen LogP contribution in [0.15, 0.2) is 29.2 Å². The van der Waals surface area contributed by atoms with Crippen LogP contribution >= 0.6 is 0 Å². The van der Waals surface area contributed by atoms with Gasteiger partial charge in [-0.3, -0.25) is 4.79 Å². The number of sulfone groups is 1. The van der Waals surface area contributed by atoms with Crippen LogP contribution in [0, 0.1) is 0 Å². The van der Waals surface area contributed by atoms with Crippen molar-refractivity contribution in [3.8, 4) is 0 Å². The first kappa shape index (κ1) is 14.7. The summed E-state index contributed by atoms with van der Waals surface area (Å²) in [6.07, 6.45) is 1.11. The molecule has 18 heavy (non-hydrogen) atoms. The van der Waals surface area contributed by atoms with E-state index in [2.05, 4.69) is 5.32 Å². The van der Waals surface area contributed by atoms with Gasteiger partial charge in [0.1, 0.15) is 0 Å². The van der Waals surface area contributed by atoms with E-state index >= 15 is 0 Å². The molecule has 0 atom stereocenters. The quantitative estimate of drug-likeness (QED) is 0.839. The average molecular weight is 271 g/mol. The van der Waals surface area contributed by atoms with E-state index in [-0.39, 0.29) is 17.4 Å². The smallest absolute Gasteiger partial charge is 0.251 e. The molecule has 0 spiro atoms. The molecule has 0 saturated heterocycles. The van der Waals surface area contributed by atoms with Crippen molar-refractivity contribution >= 4 is 15.7 Å². The number of carbonyl (C=O) groups excluding carboxylic acids is 1. The van der Waals surface area contributed by atoms with E-state index in [9.17, 15) is 13.2 Å². The van der Waals surface area contributed by atoms with Gasteiger partial charge in [-0.05, 0) is 38.1 Å². The molecular weight excluding hydrogens is 254 g/mol. The number of amides is 1. The number of hydrogen-bond acceptors (Lipinski definition) is 4. The van der Waals surface area contributed by atoms with Gasteiger partial charge in [0.05, 0.1) is 17.0 Å². The molecule has 6 heteroatoms. The molecule has 1 amide bonds. The molecule has 1 aromatic rings. The Hall–Kier alpha value is -1.40. The number of rotatable bonds is 4. The third kappa shape index (κ3) is 3.82. The zero-order valence-corrected chi connectivity index (χ0v) is 11.4. The normalized spacial score (nSPS) is 12.2. The van der Waals surface area contributed by atoms with E-state index in [1.165, 1.54) is 24.3 Å². The Labute approximate surface area is 107 Å². The highest BCUT2D eigenvalue weighted by molar-refractivity contribution is 7.90. The second-order valence-corrected chi connectivity index (χ2v) is 6.81. The number of aliphatic hydroxyl groups excluding tert-OH is 1. The molecule has 5 nitrogen and oxygen atoms in total. The number of nitrogens with one attached hydrogen (secondary N) is 1. The van der Waals surface area contributed by atoms with Gasteiger partial charge in [-0.1, -0.05) is 0 Å². The number of hydrogen-bond donors (Lipinski definition) is 2. The van der Waals surface area contributed by atoms with Crippen LogP contribution in [0.3, 0.4) is 0 Å². The first-order valence-electron chi connectivity index (χ1n) is 5.39. The lowest BCUT2D eigenvalue weighted by Gasteiger charge is -2.23. The predicted octanol–water partition coefficient (Wildman–Crippen LogP) is 0.591. The maximum absolute atomic E-state index is 11.8. The van der Waals surface area contributed by atoms with Crippen molar-refractivity contribution in [2.24, 2.45) is 0 Å². The van der Waals surface area contributed by atoms with E-state index in [0.717, 1.165) is 6.26 Å². The summed E-state index contributed by atoms with van der Waals surface area (Å²) in [5.74, 6) is -0.353. The largest absolute Gasteiger partial charge is 0.394 e. The Bertz CT molecular complexity index is 532. The Kier molecular flexibility index (Phi) is 4.13. The average Bonchev–Trinajstić information content (AvgIpc) is 2.27. The van der Waals surface area contributed by atoms with Gasteiger partial charge in [-0.2, -0.15) is 0 Å². The summed E-state index contributed by atoms with van der Waals surface area (Å²) in [6.45, 7) is 3.20. The van der Waals surface area contributed by atoms with Crippen molar-refractivity contribution in [3.63, 3.8) is 0 Å². The topological polar surface area (TPSA) is 83.5 Å². The van der Waals surface area contributed by atoms with Crippen molar-refractivity contribution in [1.29, 1.82) is 0 Å². The number of aliphatic hydroxyl groups is 1. The second kappa shape index (κ2) is 5.07. The molecule has 0 aromatic heterocycles. The monoisotopic (exact) mass is 271 g/mol. The summed E-state index contributed by atoms with van der Waals surface area (Å²) in [7, 11) is -3.26. The zero-order chi connectivity index (χ0) is 14.0. The molecule has 0 saturated carbocycles. The highest BCUT2D eigenvalue weighted by Crippen LogP contribution is 2.11. The SMILES string of the molecule is CC(C)(CO)NC(=O)c1ccc(S(C)(=O)=O)cc1. The van der Waals surface area contributed by atoms with Crippen LogP contribution in [0.5, 0.6) is 0 Å². The minimum Gasteiger partial charge on any atom is -0.394 e. The Morgan fingerprint density at radius 2 is 1.78 bits per heavy atom. The minimum atomic E-state index is -3.26. The summed E-state index contributed by atoms with van der Waals surface area (Å²) in [5.41, 5.74) is -0.365. The number of carbonyl (C=O) groups is 1. The second-order valence-electron chi connectivity index (χ2n) is 4.79. The van der Waals surface area contributed by atoms with Gasteiger partial charge >= 0.3 is 0 Å². The third-order valence-corrected chi connectivity index (χ3v) is 3.52. The first-order valence-corrected chi connectivity index (χ1v) is 7.28. The molecule has 0 heterocycles. The summed E-state index contributed by atoms with van der Waals surface area (Å²) in [4.78, 5) is 12.0. The molecule has 0 bridgehead atoms. The van der Waals surface area contributed by atoms with Crippen LogP contribution < -0.4 is 5.32 Å². The van der Waals surface area contributed by atoms with Gasteiger partial charge < -0.3 is 10.4 Å². The van der Waals surface area contributed by atoms with Crippen LogP contribution in [0.2, 0.25) is 0 Å². The lowest BCUT2D eigenvalue weighted by molar-refractivity contribution is 0.0869. The Morgan fingerprint density at radius 1 is 1.28 bits per heavy atom. The third-order valence-electron chi connectivity index (χ3n) is 2.39. The summed E-state index contributed by atoms with van der Waals surface area (Å²) < 4.78 is 22.5. The van der Waals surface area contributed by atoms with Crippen molar-refractivity contribution in [1.82, 2.24) is 5.32 Å². The summed E-state index contributed by atoms with van der Waals surface area (Å²) in [6, 6.07) is 5.66. The van der Waals surface area contributed by atoms with Crippen molar-refractivity contribution < 1.29 is 18.3 Å². The molecule has 1 rings (SSSR count). The molecular formula is C12H17NO4S. The molecule has 100 valence electrons. The van der Waals surface area contributed by atoms with Gasteiger partial charge in [-0.15, -0.1) is 0 Å². The molecule has 0 radical (unpaired) electrons. The fraction of sp³-hybridized carbons (Fsp3) is 0.417. The van der Waals surface area contributed by atoms with Crippen LogP contribution in [-0.2, 0) is 9.84 Å². The lowest BCUT2D eigenvalue weighted by Crippen LogP contribution is -2.46. The summed E-state index contributed by atoms with van der Waals surface area (Å²) >= 11 is 0. The molecule has 2 N–H and O–H groups in total. The van der Waals surface area contributed by atoms with Gasteiger partial charge in [-0.25, -0.2) is 8.42 Å². The van der Waals surface area contributed by atoms with Crippen LogP contribution in [0.25, 0.3) is 0 Å². The maximum atomic E-state index is 11.8. The van der Waals surface area contributed by atoms with Crippen LogP contribution in [-0.4, -0.2) is 37.8 Å². The molecule has 0 aliphatic heterocycles. The fourth-order valence-electron chi connectivity index (χ4n) is 1.27. The van der Waals surface area contributed by atoms with Crippen molar-refractivity contribution in [2.75, 3.05) is 12.9 Å². The minimum absolute atomic E-state index is 0.167. The highest BCUT2D eigenvalue weighted by atomic mass is 32.2. The van der Waals surface area contributed by atoms with E-state index in [1.54, 1.807) is 13.8 Å². The van der Waals surface area contributed by atoms with Gasteiger partial charge in [0.25, 0.3) is 5.91 Å². The predicted molar refractivity (Wildman–Crippen MR) is 68.2 cm³/mol. The Morgan fingerprint density at radius 3 is 2.17 bits per heavy atom. The Balaban J connectivity index is 2.90. The molecule has 0 fully saturated rings. The molecule has 0 unspecified atom stereocenters. The van der Waals surface area contributed by atoms with Gasteiger partial charge in [0.2, 0.25) is 0 Å². The van der Waals surface area contributed by atoms with Crippen LogP contribution in [0.4, 0.5) is 0 Å². The van der Waals surface area contributed by atoms with Crippen molar-refractivity contribution in [3.05, 3.63) is 29.8 Å². The molecule has 0 aliphatic rings. The van der Waals surface area contributed by atoms with Crippen LogP contribution in [0.1, 0.15) is 24.2 Å². The van der Waals surface area contributed by atoms with E-state index in [0.29, 0.717) is 5.56 Å². The summed E-state index contributed by atoms with van der Waals surface area (Å²) in [5, 5.41) is 11.7. The van der Waals surface area contributed by atoms with Crippen molar-refractivity contribution in [2.45, 2.75) is 24.3 Å². The first-order chi connectivity index (χ1) is 8.15. The molecule has 0 aliphatic carbocycles. The number of benzene rings is 1. The standard InChI is InChI=1S/C12H17NO4S/c1-12(2,8-14)13-11(15)9-4-6-10(7-5-9)18(3,16)17/h4-7,14H,8H2,1-3H3,(H,13,15). The van der Waals surface area contributed by atoms with Gasteiger partial charge in [0.15, 0.2) is 9.84 Å². The maximum Gasteiger partial charge on any atom is 0.251 e. The van der Waals surface area contributed by atoms with E-state index in [4.69, 9.17) is 5.11 Å². The molecule has 1 aromatic carbocycles. The van der Waals surface area contributed by atoms with E-state index in [1.807, 2.05) is 0 Å². The van der Waals surface area contributed by atoms with Gasteiger partial charge in [0, 0.05) is 11.8 Å².